The lowest BCUT2D eigenvalue weighted by molar-refractivity contribution is -0.119. The lowest BCUT2D eigenvalue weighted by Gasteiger charge is -2.04. The molecule has 3 N–H and O–H groups in total. The van der Waals surface area contributed by atoms with Gasteiger partial charge >= 0.3 is 0 Å². The van der Waals surface area contributed by atoms with E-state index in [1.165, 1.54) is 0 Å². The number of aromatic hydroxyl groups is 1. The SMILES string of the molecule is C[C@H]1N=C(Nc2ccc(O)cc2)NC1=O. The molecule has 0 radical (unpaired) electrons. The Balaban J connectivity index is 2.07. The van der Waals surface area contributed by atoms with Crippen molar-refractivity contribution in [3.05, 3.63) is 24.3 Å². The molecule has 2 rings (SSSR count). The summed E-state index contributed by atoms with van der Waals surface area (Å²) in [4.78, 5) is 15.2. The van der Waals surface area contributed by atoms with Crippen LogP contribution in [0.3, 0.4) is 0 Å². The van der Waals surface area contributed by atoms with Gasteiger partial charge in [-0.05, 0) is 31.2 Å². The second-order valence-corrected chi connectivity index (χ2v) is 3.31. The number of nitrogens with one attached hydrogen (secondary N) is 2. The second-order valence-electron chi connectivity index (χ2n) is 3.31. The monoisotopic (exact) mass is 205 g/mol. The zero-order chi connectivity index (χ0) is 10.8. The minimum Gasteiger partial charge on any atom is -0.508 e. The van der Waals surface area contributed by atoms with Gasteiger partial charge in [0.15, 0.2) is 0 Å². The summed E-state index contributed by atoms with van der Waals surface area (Å²) in [5.41, 5.74) is 0.765. The highest BCUT2D eigenvalue weighted by atomic mass is 16.3. The molecule has 1 aromatic carbocycles. The Morgan fingerprint density at radius 3 is 2.60 bits per heavy atom. The number of benzene rings is 1. The van der Waals surface area contributed by atoms with Gasteiger partial charge in [0, 0.05) is 5.69 Å². The predicted molar refractivity (Wildman–Crippen MR) is 56.8 cm³/mol. The van der Waals surface area contributed by atoms with Gasteiger partial charge in [0.25, 0.3) is 5.91 Å². The molecule has 15 heavy (non-hydrogen) atoms. The van der Waals surface area contributed by atoms with Gasteiger partial charge in [-0.15, -0.1) is 0 Å². The number of hydrogen-bond donors (Lipinski definition) is 3. The highest BCUT2D eigenvalue weighted by Crippen LogP contribution is 2.14. The van der Waals surface area contributed by atoms with Crippen molar-refractivity contribution in [3.63, 3.8) is 0 Å². The number of phenols is 1. The number of hydrogen-bond acceptors (Lipinski definition) is 4. The van der Waals surface area contributed by atoms with E-state index in [-0.39, 0.29) is 17.7 Å². The van der Waals surface area contributed by atoms with E-state index in [1.54, 1.807) is 31.2 Å². The van der Waals surface area contributed by atoms with Gasteiger partial charge in [-0.3, -0.25) is 10.1 Å². The number of carbonyl (C=O) groups is 1. The summed E-state index contributed by atoms with van der Waals surface area (Å²) < 4.78 is 0. The van der Waals surface area contributed by atoms with Crippen molar-refractivity contribution >= 4 is 17.6 Å². The van der Waals surface area contributed by atoms with Gasteiger partial charge in [0.2, 0.25) is 5.96 Å². The molecule has 1 aliphatic rings. The predicted octanol–water partition coefficient (Wildman–Crippen LogP) is 0.678. The fourth-order valence-corrected chi connectivity index (χ4v) is 1.25. The Labute approximate surface area is 86.8 Å². The first-order valence-corrected chi connectivity index (χ1v) is 4.60. The highest BCUT2D eigenvalue weighted by molar-refractivity contribution is 6.10. The van der Waals surface area contributed by atoms with Crippen molar-refractivity contribution < 1.29 is 9.90 Å². The number of aliphatic imine (C=N–C) groups is 1. The molecule has 1 atom stereocenters. The fraction of sp³-hybridized carbons (Fsp3) is 0.200. The third-order valence-corrected chi connectivity index (χ3v) is 2.07. The molecule has 0 unspecified atom stereocenters. The third-order valence-electron chi connectivity index (χ3n) is 2.07. The molecule has 78 valence electrons. The molecule has 5 heteroatoms. The van der Waals surface area contributed by atoms with Crippen LogP contribution in [0.25, 0.3) is 0 Å². The van der Waals surface area contributed by atoms with Crippen molar-refractivity contribution in [2.75, 3.05) is 5.32 Å². The number of phenolic OH excluding ortho intramolecular Hbond substituents is 1. The van der Waals surface area contributed by atoms with E-state index in [4.69, 9.17) is 5.11 Å². The molecular formula is C10H11N3O2. The van der Waals surface area contributed by atoms with Crippen molar-refractivity contribution in [3.8, 4) is 5.75 Å². The Bertz CT molecular complexity index is 411. The first kappa shape index (κ1) is 9.51. The number of rotatable bonds is 1. The lowest BCUT2D eigenvalue weighted by Crippen LogP contribution is -2.31. The van der Waals surface area contributed by atoms with Crippen molar-refractivity contribution in [2.45, 2.75) is 13.0 Å². The van der Waals surface area contributed by atoms with Gasteiger partial charge < -0.3 is 10.4 Å². The van der Waals surface area contributed by atoms with E-state index in [9.17, 15) is 4.79 Å². The number of carbonyl (C=O) groups excluding carboxylic acids is 1. The molecule has 0 spiro atoms. The standard InChI is InChI=1S/C10H11N3O2/c1-6-9(15)13-10(11-6)12-7-2-4-8(14)5-3-7/h2-6,14H,1H3,(H2,11,12,13,15)/t6-/m1/s1. The largest absolute Gasteiger partial charge is 0.508 e. The Morgan fingerprint density at radius 1 is 1.40 bits per heavy atom. The zero-order valence-electron chi connectivity index (χ0n) is 8.19. The van der Waals surface area contributed by atoms with Gasteiger partial charge in [-0.2, -0.15) is 0 Å². The molecule has 0 aromatic heterocycles. The summed E-state index contributed by atoms with van der Waals surface area (Å²) in [6.45, 7) is 1.72. The van der Waals surface area contributed by atoms with E-state index in [0.717, 1.165) is 5.69 Å². The van der Waals surface area contributed by atoms with E-state index in [1.807, 2.05) is 0 Å². The number of amides is 1. The minimum absolute atomic E-state index is 0.115. The summed E-state index contributed by atoms with van der Waals surface area (Å²) in [7, 11) is 0. The maximum atomic E-state index is 11.1. The van der Waals surface area contributed by atoms with E-state index >= 15 is 0 Å². The Morgan fingerprint density at radius 2 is 2.07 bits per heavy atom. The quantitative estimate of drug-likeness (QED) is 0.590. The number of nitrogens with zero attached hydrogens (tertiary/aromatic N) is 1. The zero-order valence-corrected chi connectivity index (χ0v) is 8.19. The maximum Gasteiger partial charge on any atom is 0.251 e. The van der Waals surface area contributed by atoms with E-state index in [0.29, 0.717) is 5.96 Å². The molecule has 0 aliphatic carbocycles. The smallest absolute Gasteiger partial charge is 0.251 e. The first-order valence-electron chi connectivity index (χ1n) is 4.60. The van der Waals surface area contributed by atoms with Crippen molar-refractivity contribution in [2.24, 2.45) is 4.99 Å². The van der Waals surface area contributed by atoms with Gasteiger partial charge in [-0.1, -0.05) is 0 Å². The highest BCUT2D eigenvalue weighted by Gasteiger charge is 2.21. The van der Waals surface area contributed by atoms with Crippen molar-refractivity contribution in [1.82, 2.24) is 5.32 Å². The van der Waals surface area contributed by atoms with Gasteiger partial charge in [0.05, 0.1) is 0 Å². The van der Waals surface area contributed by atoms with E-state index in [2.05, 4.69) is 15.6 Å². The Hall–Kier alpha value is -2.04. The maximum absolute atomic E-state index is 11.1. The summed E-state index contributed by atoms with van der Waals surface area (Å²) in [6.07, 6.45) is 0. The molecule has 1 aliphatic heterocycles. The summed E-state index contributed by atoms with van der Waals surface area (Å²) in [5.74, 6) is 0.529. The van der Waals surface area contributed by atoms with Gasteiger partial charge in [-0.25, -0.2) is 4.99 Å². The molecule has 0 bridgehead atoms. The molecule has 0 saturated carbocycles. The van der Waals surface area contributed by atoms with Crippen LogP contribution in [0.15, 0.2) is 29.3 Å². The van der Waals surface area contributed by atoms with Crippen LogP contribution < -0.4 is 10.6 Å². The summed E-state index contributed by atoms with van der Waals surface area (Å²) in [5, 5.41) is 14.6. The summed E-state index contributed by atoms with van der Waals surface area (Å²) in [6, 6.07) is 6.18. The van der Waals surface area contributed by atoms with Crippen LogP contribution in [-0.4, -0.2) is 23.0 Å². The topological polar surface area (TPSA) is 73.7 Å². The minimum atomic E-state index is -0.343. The average Bonchev–Trinajstić information content (AvgIpc) is 2.50. The average molecular weight is 205 g/mol. The molecule has 5 nitrogen and oxygen atoms in total. The van der Waals surface area contributed by atoms with Crippen molar-refractivity contribution in [1.29, 1.82) is 0 Å². The van der Waals surface area contributed by atoms with Crippen LogP contribution in [-0.2, 0) is 4.79 Å². The normalized spacial score (nSPS) is 19.7. The second kappa shape index (κ2) is 3.61. The molecular weight excluding hydrogens is 194 g/mol. The van der Waals surface area contributed by atoms with E-state index < -0.39 is 0 Å². The summed E-state index contributed by atoms with van der Waals surface area (Å²) >= 11 is 0. The van der Waals surface area contributed by atoms with Crippen LogP contribution in [0.1, 0.15) is 6.92 Å². The first-order chi connectivity index (χ1) is 7.15. The van der Waals surface area contributed by atoms with Crippen LogP contribution in [0.4, 0.5) is 5.69 Å². The fourth-order valence-electron chi connectivity index (χ4n) is 1.25. The third kappa shape index (κ3) is 2.07. The van der Waals surface area contributed by atoms with Crippen LogP contribution in [0.5, 0.6) is 5.75 Å². The molecule has 1 heterocycles. The van der Waals surface area contributed by atoms with Crippen LogP contribution in [0.2, 0.25) is 0 Å². The molecule has 0 fully saturated rings. The Kier molecular flexibility index (Phi) is 2.29. The molecule has 1 aromatic rings. The number of guanidine groups is 1. The van der Waals surface area contributed by atoms with Crippen LogP contribution >= 0.6 is 0 Å². The lowest BCUT2D eigenvalue weighted by atomic mass is 10.3. The van der Waals surface area contributed by atoms with Gasteiger partial charge in [0.1, 0.15) is 11.8 Å². The van der Waals surface area contributed by atoms with Crippen LogP contribution in [0, 0.1) is 0 Å². The number of anilines is 1. The molecule has 0 saturated heterocycles. The molecule has 1 amide bonds.